The largest absolute Gasteiger partial charge is 0.379 e. The van der Waals surface area contributed by atoms with Gasteiger partial charge in [-0.25, -0.2) is 0 Å². The van der Waals surface area contributed by atoms with E-state index in [0.717, 1.165) is 12.8 Å². The van der Waals surface area contributed by atoms with Crippen LogP contribution in [0.15, 0.2) is 18.3 Å². The number of hydrogen-bond acceptors (Lipinski definition) is 3. The third-order valence-electron chi connectivity index (χ3n) is 4.16. The first-order valence-electron chi connectivity index (χ1n) is 7.17. The van der Waals surface area contributed by atoms with Gasteiger partial charge in [-0.3, -0.25) is 4.98 Å². The van der Waals surface area contributed by atoms with Crippen LogP contribution < -0.4 is 5.73 Å². The molecule has 0 amide bonds. The van der Waals surface area contributed by atoms with Gasteiger partial charge in [0, 0.05) is 31.0 Å². The van der Waals surface area contributed by atoms with Crippen molar-refractivity contribution >= 4 is 0 Å². The minimum Gasteiger partial charge on any atom is -0.379 e. The van der Waals surface area contributed by atoms with Crippen molar-refractivity contribution in [3.8, 4) is 0 Å². The minimum absolute atomic E-state index is 0.000972. The molecule has 19 heavy (non-hydrogen) atoms. The molecule has 0 bridgehead atoms. The fourth-order valence-corrected chi connectivity index (χ4v) is 3.32. The molecule has 0 aromatic carbocycles. The van der Waals surface area contributed by atoms with Crippen molar-refractivity contribution in [1.29, 1.82) is 0 Å². The van der Waals surface area contributed by atoms with Gasteiger partial charge in [-0.2, -0.15) is 0 Å². The first-order chi connectivity index (χ1) is 8.95. The number of nitrogens with zero attached hydrogens (tertiary/aromatic N) is 1. The topological polar surface area (TPSA) is 48.1 Å². The number of methoxy groups -OCH3 is 1. The number of rotatable bonds is 3. The first kappa shape index (κ1) is 14.5. The summed E-state index contributed by atoms with van der Waals surface area (Å²) < 4.78 is 5.69. The molecule has 3 nitrogen and oxygen atoms in total. The molecule has 0 saturated carbocycles. The molecule has 0 saturated heterocycles. The average Bonchev–Trinajstić information content (AvgIpc) is 2.37. The molecular weight excluding hydrogens is 236 g/mol. The van der Waals surface area contributed by atoms with Crippen LogP contribution in [0.25, 0.3) is 0 Å². The molecule has 2 N–H and O–H groups in total. The van der Waals surface area contributed by atoms with Crippen LogP contribution in [0.3, 0.4) is 0 Å². The zero-order valence-corrected chi connectivity index (χ0v) is 12.5. The molecule has 1 aliphatic carbocycles. The van der Waals surface area contributed by atoms with Crippen molar-refractivity contribution < 1.29 is 4.74 Å². The molecule has 1 heterocycles. The van der Waals surface area contributed by atoms with Gasteiger partial charge < -0.3 is 10.5 Å². The molecule has 106 valence electrons. The van der Waals surface area contributed by atoms with E-state index in [4.69, 9.17) is 10.5 Å². The van der Waals surface area contributed by atoms with Gasteiger partial charge in [0.25, 0.3) is 0 Å². The van der Waals surface area contributed by atoms with Gasteiger partial charge in [-0.05, 0) is 36.3 Å². The van der Waals surface area contributed by atoms with Crippen molar-refractivity contribution in [3.05, 3.63) is 29.6 Å². The van der Waals surface area contributed by atoms with Crippen LogP contribution in [0.1, 0.15) is 50.8 Å². The molecule has 0 fully saturated rings. The number of hydrogen-bond donors (Lipinski definition) is 1. The second-order valence-electron chi connectivity index (χ2n) is 6.65. The Morgan fingerprint density at radius 1 is 1.42 bits per heavy atom. The van der Waals surface area contributed by atoms with Gasteiger partial charge in [-0.15, -0.1) is 0 Å². The Labute approximate surface area is 116 Å². The Balaban J connectivity index is 2.27. The summed E-state index contributed by atoms with van der Waals surface area (Å²) in [5.41, 5.74) is 9.13. The van der Waals surface area contributed by atoms with Crippen LogP contribution in [-0.2, 0) is 11.2 Å². The van der Waals surface area contributed by atoms with Crippen molar-refractivity contribution in [2.75, 3.05) is 7.11 Å². The molecular formula is C16H26N2O. The Kier molecular flexibility index (Phi) is 4.26. The lowest BCUT2D eigenvalue weighted by Gasteiger charge is -2.39. The third kappa shape index (κ3) is 2.98. The maximum Gasteiger partial charge on any atom is 0.0776 e. The zero-order chi connectivity index (χ0) is 14.0. The monoisotopic (exact) mass is 262 g/mol. The van der Waals surface area contributed by atoms with Crippen LogP contribution in [0, 0.1) is 5.41 Å². The van der Waals surface area contributed by atoms with E-state index in [2.05, 4.69) is 31.8 Å². The second-order valence-corrected chi connectivity index (χ2v) is 6.65. The second kappa shape index (κ2) is 5.59. The lowest BCUT2D eigenvalue weighted by Crippen LogP contribution is -2.49. The quantitative estimate of drug-likeness (QED) is 0.911. The number of pyridine rings is 1. The standard InChI is InChI=1S/C16H26N2O/c1-16(2,3)15(19-4)13(17)12-9-5-7-11-8-6-10-18-14(11)12/h6,8,10,12-13,15H,5,7,9,17H2,1-4H3. The van der Waals surface area contributed by atoms with Gasteiger partial charge in [0.2, 0.25) is 0 Å². The Morgan fingerprint density at radius 3 is 2.79 bits per heavy atom. The van der Waals surface area contributed by atoms with E-state index in [1.54, 1.807) is 7.11 Å². The molecule has 1 aromatic heterocycles. The SMILES string of the molecule is COC(C(N)C1CCCc2cccnc21)C(C)(C)C. The molecule has 0 aliphatic heterocycles. The number of aryl methyl sites for hydroxylation is 1. The van der Waals surface area contributed by atoms with E-state index in [1.165, 1.54) is 17.7 Å². The van der Waals surface area contributed by atoms with E-state index in [9.17, 15) is 0 Å². The number of aromatic nitrogens is 1. The predicted molar refractivity (Wildman–Crippen MR) is 78.1 cm³/mol. The van der Waals surface area contributed by atoms with E-state index in [-0.39, 0.29) is 17.6 Å². The number of fused-ring (bicyclic) bond motifs is 1. The molecule has 1 aromatic rings. The minimum atomic E-state index is -0.000972. The molecule has 3 unspecified atom stereocenters. The van der Waals surface area contributed by atoms with Crippen molar-refractivity contribution in [2.24, 2.45) is 11.1 Å². The predicted octanol–water partition coefficient (Wildman–Crippen LogP) is 2.89. The lowest BCUT2D eigenvalue weighted by molar-refractivity contribution is -0.00961. The van der Waals surface area contributed by atoms with Gasteiger partial charge in [0.05, 0.1) is 6.10 Å². The normalized spacial score (nSPS) is 22.7. The smallest absolute Gasteiger partial charge is 0.0776 e. The fraction of sp³-hybridized carbons (Fsp3) is 0.688. The highest BCUT2D eigenvalue weighted by Crippen LogP contribution is 2.36. The van der Waals surface area contributed by atoms with Gasteiger partial charge >= 0.3 is 0 Å². The number of nitrogens with two attached hydrogens (primary N) is 1. The van der Waals surface area contributed by atoms with Gasteiger partial charge in [0.15, 0.2) is 0 Å². The maximum atomic E-state index is 6.54. The summed E-state index contributed by atoms with van der Waals surface area (Å²) in [6.07, 6.45) is 5.35. The summed E-state index contributed by atoms with van der Waals surface area (Å²) in [7, 11) is 1.76. The van der Waals surface area contributed by atoms with Crippen LogP contribution in [-0.4, -0.2) is 24.2 Å². The zero-order valence-electron chi connectivity index (χ0n) is 12.5. The Hall–Kier alpha value is -0.930. The highest BCUT2D eigenvalue weighted by atomic mass is 16.5. The molecule has 3 atom stereocenters. The summed E-state index contributed by atoms with van der Waals surface area (Å²) in [6.45, 7) is 6.55. The van der Waals surface area contributed by atoms with E-state index in [1.807, 2.05) is 12.3 Å². The van der Waals surface area contributed by atoms with E-state index >= 15 is 0 Å². The molecule has 0 radical (unpaired) electrons. The van der Waals surface area contributed by atoms with Gasteiger partial charge in [0.1, 0.15) is 0 Å². The van der Waals surface area contributed by atoms with Crippen LogP contribution >= 0.6 is 0 Å². The number of ether oxygens (including phenoxy) is 1. The molecule has 0 spiro atoms. The van der Waals surface area contributed by atoms with E-state index < -0.39 is 0 Å². The highest BCUT2D eigenvalue weighted by molar-refractivity contribution is 5.27. The van der Waals surface area contributed by atoms with Crippen LogP contribution in [0.5, 0.6) is 0 Å². The van der Waals surface area contributed by atoms with Crippen LogP contribution in [0.2, 0.25) is 0 Å². The van der Waals surface area contributed by atoms with Gasteiger partial charge in [-0.1, -0.05) is 26.8 Å². The lowest BCUT2D eigenvalue weighted by atomic mass is 9.74. The fourth-order valence-electron chi connectivity index (χ4n) is 3.32. The Bertz CT molecular complexity index is 425. The first-order valence-corrected chi connectivity index (χ1v) is 7.17. The highest BCUT2D eigenvalue weighted by Gasteiger charge is 2.37. The maximum absolute atomic E-state index is 6.54. The summed E-state index contributed by atoms with van der Waals surface area (Å²) in [5.74, 6) is 0.314. The Morgan fingerprint density at radius 2 is 2.16 bits per heavy atom. The molecule has 2 rings (SSSR count). The third-order valence-corrected chi connectivity index (χ3v) is 4.16. The van der Waals surface area contributed by atoms with Crippen LogP contribution in [0.4, 0.5) is 0 Å². The summed E-state index contributed by atoms with van der Waals surface area (Å²) in [5, 5.41) is 0. The van der Waals surface area contributed by atoms with Crippen molar-refractivity contribution in [3.63, 3.8) is 0 Å². The summed E-state index contributed by atoms with van der Waals surface area (Å²) >= 11 is 0. The molecule has 3 heteroatoms. The summed E-state index contributed by atoms with van der Waals surface area (Å²) in [4.78, 5) is 4.58. The summed E-state index contributed by atoms with van der Waals surface area (Å²) in [6, 6.07) is 4.20. The molecule has 1 aliphatic rings. The average molecular weight is 262 g/mol. The van der Waals surface area contributed by atoms with Crippen molar-refractivity contribution in [1.82, 2.24) is 4.98 Å². The van der Waals surface area contributed by atoms with E-state index in [0.29, 0.717) is 5.92 Å². The van der Waals surface area contributed by atoms with Crippen molar-refractivity contribution in [2.45, 2.75) is 58.1 Å².